The normalized spacial score (nSPS) is 13.2. The molecule has 0 aliphatic rings. The zero-order valence-corrected chi connectivity index (χ0v) is 27.5. The van der Waals surface area contributed by atoms with Gasteiger partial charge in [0, 0.05) is 0 Å². The summed E-state index contributed by atoms with van der Waals surface area (Å²) in [5, 5.41) is 0. The second-order valence-electron chi connectivity index (χ2n) is 13.6. The molecule has 0 aliphatic carbocycles. The summed E-state index contributed by atoms with van der Waals surface area (Å²) in [5.41, 5.74) is 11.3. The molecular formula is C41H58. The van der Waals surface area contributed by atoms with Crippen molar-refractivity contribution in [3.63, 3.8) is 0 Å². The molecule has 2 atom stereocenters. The van der Waals surface area contributed by atoms with Crippen LogP contribution in [0.5, 0.6) is 0 Å². The molecule has 0 heteroatoms. The minimum atomic E-state index is 0.161. The van der Waals surface area contributed by atoms with Crippen LogP contribution in [0.25, 0.3) is 11.1 Å². The minimum Gasteiger partial charge on any atom is -0.0995 e. The fourth-order valence-electron chi connectivity index (χ4n) is 6.56. The van der Waals surface area contributed by atoms with Crippen molar-refractivity contribution in [3.05, 3.63) is 107 Å². The van der Waals surface area contributed by atoms with Crippen molar-refractivity contribution in [1.29, 1.82) is 0 Å². The van der Waals surface area contributed by atoms with Crippen molar-refractivity contribution in [2.24, 2.45) is 5.92 Å². The molecule has 2 unspecified atom stereocenters. The van der Waals surface area contributed by atoms with Gasteiger partial charge in [-0.15, -0.1) is 0 Å². The van der Waals surface area contributed by atoms with E-state index in [1.54, 1.807) is 0 Å². The van der Waals surface area contributed by atoms with Gasteiger partial charge < -0.3 is 0 Å². The number of benzene rings is 3. The Balaban J connectivity index is 1.80. The van der Waals surface area contributed by atoms with Gasteiger partial charge in [-0.3, -0.25) is 0 Å². The first-order chi connectivity index (χ1) is 19.6. The van der Waals surface area contributed by atoms with Gasteiger partial charge in [0.05, 0.1) is 0 Å². The second-order valence-corrected chi connectivity index (χ2v) is 13.6. The van der Waals surface area contributed by atoms with Crippen molar-refractivity contribution >= 4 is 0 Å². The zero-order valence-electron chi connectivity index (χ0n) is 27.5. The van der Waals surface area contributed by atoms with Crippen molar-refractivity contribution in [2.75, 3.05) is 0 Å². The summed E-state index contributed by atoms with van der Waals surface area (Å²) in [5.74, 6) is 1.38. The maximum Gasteiger partial charge on any atom is -0.00695 e. The van der Waals surface area contributed by atoms with Gasteiger partial charge in [-0.25, -0.2) is 0 Å². The highest BCUT2D eigenvalue weighted by atomic mass is 14.2. The Labute approximate surface area is 253 Å². The molecule has 0 radical (unpaired) electrons. The number of hydrogen-bond acceptors (Lipinski definition) is 0. The Morgan fingerprint density at radius 3 is 2.15 bits per heavy atom. The summed E-state index contributed by atoms with van der Waals surface area (Å²) in [7, 11) is 0. The van der Waals surface area contributed by atoms with E-state index in [4.69, 9.17) is 0 Å². The van der Waals surface area contributed by atoms with E-state index in [0.717, 1.165) is 25.2 Å². The molecule has 3 aromatic carbocycles. The lowest BCUT2D eigenvalue weighted by Crippen LogP contribution is -2.13. The van der Waals surface area contributed by atoms with Crippen LogP contribution in [0.3, 0.4) is 0 Å². The molecule has 41 heavy (non-hydrogen) atoms. The molecular weight excluding hydrogens is 492 g/mol. The molecule has 0 saturated heterocycles. The number of aryl methyl sites for hydroxylation is 2. The summed E-state index contributed by atoms with van der Waals surface area (Å²) in [6, 6.07) is 25.6. The predicted molar refractivity (Wildman–Crippen MR) is 183 cm³/mol. The number of allylic oxidation sites excluding steroid dienone is 1. The lowest BCUT2D eigenvalue weighted by Gasteiger charge is -2.24. The van der Waals surface area contributed by atoms with Crippen LogP contribution < -0.4 is 0 Å². The summed E-state index contributed by atoms with van der Waals surface area (Å²) >= 11 is 0. The van der Waals surface area contributed by atoms with Gasteiger partial charge in [-0.2, -0.15) is 0 Å². The Morgan fingerprint density at radius 1 is 0.732 bits per heavy atom. The van der Waals surface area contributed by atoms with Crippen molar-refractivity contribution < 1.29 is 0 Å². The lowest BCUT2D eigenvalue weighted by molar-refractivity contribution is 0.372. The third kappa shape index (κ3) is 10.3. The van der Waals surface area contributed by atoms with Gasteiger partial charge in [-0.05, 0) is 95.2 Å². The third-order valence-corrected chi connectivity index (χ3v) is 8.99. The maximum absolute atomic E-state index is 4.64. The van der Waals surface area contributed by atoms with E-state index >= 15 is 0 Å². The molecule has 0 saturated carbocycles. The first-order valence-corrected chi connectivity index (χ1v) is 16.6. The number of unbranched alkanes of at least 4 members (excludes halogenated alkanes) is 2. The molecule has 0 fully saturated rings. The molecule has 0 bridgehead atoms. The molecule has 0 aliphatic heterocycles. The molecule has 0 aromatic heterocycles. The molecule has 0 heterocycles. The van der Waals surface area contributed by atoms with Crippen LogP contribution in [0, 0.1) is 12.8 Å². The summed E-state index contributed by atoms with van der Waals surface area (Å²) < 4.78 is 0. The maximum atomic E-state index is 4.64. The lowest BCUT2D eigenvalue weighted by atomic mass is 9.81. The van der Waals surface area contributed by atoms with Crippen LogP contribution in [0.4, 0.5) is 0 Å². The fraction of sp³-hybridized carbons (Fsp3) is 0.512. The molecule has 0 nitrogen and oxygen atoms in total. The summed E-state index contributed by atoms with van der Waals surface area (Å²) in [6.45, 7) is 20.7. The highest BCUT2D eigenvalue weighted by Crippen LogP contribution is 2.35. The fourth-order valence-corrected chi connectivity index (χ4v) is 6.56. The first kappa shape index (κ1) is 32.9. The van der Waals surface area contributed by atoms with E-state index in [0.29, 0.717) is 5.92 Å². The van der Waals surface area contributed by atoms with Crippen LogP contribution in [0.1, 0.15) is 133 Å². The Bertz CT molecular complexity index is 1200. The van der Waals surface area contributed by atoms with E-state index in [1.165, 1.54) is 95.9 Å². The van der Waals surface area contributed by atoms with Gasteiger partial charge in [0.1, 0.15) is 0 Å². The molecule has 0 N–H and O–H groups in total. The Morgan fingerprint density at radius 2 is 1.49 bits per heavy atom. The number of rotatable bonds is 16. The highest BCUT2D eigenvalue weighted by molar-refractivity contribution is 5.64. The molecule has 222 valence electrons. The SMILES string of the molecule is C=C(Cc1ccc(C)c(C(C)(C)C)c1)CC(CCC(CCC)CCCCC)c1ccc(-c2cccc(CC)c2)cc1. The van der Waals surface area contributed by atoms with E-state index in [-0.39, 0.29) is 5.41 Å². The Hall–Kier alpha value is -2.60. The van der Waals surface area contributed by atoms with E-state index in [2.05, 4.69) is 122 Å². The standard InChI is InChI=1S/C41H58/c1-9-12-13-16-34(15-10-2)21-22-39(28-31(4)27-35-20-19-32(5)40(30-35)41(6,7)8)37-25-23-36(24-26-37)38-18-14-17-33(11-3)29-38/h14,17-20,23-26,29-30,34,39H,4,9-13,15-16,21-22,27-28H2,1-3,5-8H3. The molecule has 3 rings (SSSR count). The van der Waals surface area contributed by atoms with E-state index < -0.39 is 0 Å². The van der Waals surface area contributed by atoms with Gasteiger partial charge >= 0.3 is 0 Å². The molecule has 0 spiro atoms. The molecule has 3 aromatic rings. The summed E-state index contributed by atoms with van der Waals surface area (Å²) in [4.78, 5) is 0. The van der Waals surface area contributed by atoms with Crippen LogP contribution in [-0.2, 0) is 18.3 Å². The van der Waals surface area contributed by atoms with Crippen molar-refractivity contribution in [2.45, 2.75) is 130 Å². The predicted octanol–water partition coefficient (Wildman–Crippen LogP) is 12.6. The van der Waals surface area contributed by atoms with E-state index in [9.17, 15) is 0 Å². The van der Waals surface area contributed by atoms with Gasteiger partial charge in [0.15, 0.2) is 0 Å². The van der Waals surface area contributed by atoms with Crippen LogP contribution in [-0.4, -0.2) is 0 Å². The highest BCUT2D eigenvalue weighted by Gasteiger charge is 2.19. The van der Waals surface area contributed by atoms with Crippen molar-refractivity contribution in [3.8, 4) is 11.1 Å². The average Bonchev–Trinajstić information content (AvgIpc) is 2.95. The molecule has 0 amide bonds. The largest absolute Gasteiger partial charge is 0.0995 e. The monoisotopic (exact) mass is 550 g/mol. The first-order valence-electron chi connectivity index (χ1n) is 16.6. The van der Waals surface area contributed by atoms with Crippen LogP contribution in [0.15, 0.2) is 78.9 Å². The summed E-state index contributed by atoms with van der Waals surface area (Å²) in [6.07, 6.45) is 13.8. The zero-order chi connectivity index (χ0) is 29.8. The van der Waals surface area contributed by atoms with Crippen LogP contribution in [0.2, 0.25) is 0 Å². The third-order valence-electron chi connectivity index (χ3n) is 8.99. The average molecular weight is 551 g/mol. The second kappa shape index (κ2) is 16.1. The van der Waals surface area contributed by atoms with Crippen molar-refractivity contribution in [1.82, 2.24) is 0 Å². The quantitative estimate of drug-likeness (QED) is 0.123. The topological polar surface area (TPSA) is 0 Å². The van der Waals surface area contributed by atoms with Gasteiger partial charge in [0.25, 0.3) is 0 Å². The van der Waals surface area contributed by atoms with E-state index in [1.807, 2.05) is 0 Å². The van der Waals surface area contributed by atoms with Crippen LogP contribution >= 0.6 is 0 Å². The van der Waals surface area contributed by atoms with Gasteiger partial charge in [-0.1, -0.05) is 159 Å². The smallest absolute Gasteiger partial charge is 0.00695 e. The van der Waals surface area contributed by atoms with Gasteiger partial charge in [0.2, 0.25) is 0 Å². The Kier molecular flexibility index (Phi) is 13.0. The number of hydrogen-bond donors (Lipinski definition) is 0. The minimum absolute atomic E-state index is 0.161.